The normalized spacial score (nSPS) is 12.8. The molecule has 1 aliphatic heterocycles. The third-order valence-electron chi connectivity index (χ3n) is 3.62. The van der Waals surface area contributed by atoms with Gasteiger partial charge in [0.1, 0.15) is 0 Å². The van der Waals surface area contributed by atoms with Gasteiger partial charge in [-0.2, -0.15) is 5.10 Å². The van der Waals surface area contributed by atoms with Crippen LogP contribution in [0.25, 0.3) is 0 Å². The molecule has 0 saturated heterocycles. The second-order valence-corrected chi connectivity index (χ2v) is 5.59. The molecule has 118 valence electrons. The highest BCUT2D eigenvalue weighted by atomic mass is 16.7. The van der Waals surface area contributed by atoms with E-state index in [4.69, 9.17) is 9.47 Å². The molecule has 0 bridgehead atoms. The van der Waals surface area contributed by atoms with Crippen LogP contribution in [0.3, 0.4) is 0 Å². The van der Waals surface area contributed by atoms with Crippen molar-refractivity contribution in [2.75, 3.05) is 6.79 Å². The van der Waals surface area contributed by atoms with Crippen molar-refractivity contribution in [3.63, 3.8) is 0 Å². The first kappa shape index (κ1) is 15.1. The van der Waals surface area contributed by atoms with E-state index in [0.717, 1.165) is 5.56 Å². The topological polar surface area (TPSA) is 59.9 Å². The van der Waals surface area contributed by atoms with Crippen molar-refractivity contribution in [2.24, 2.45) is 5.10 Å². The maximum atomic E-state index is 12.1. The van der Waals surface area contributed by atoms with Gasteiger partial charge < -0.3 is 9.47 Å². The Labute approximate surface area is 134 Å². The Hall–Kier alpha value is -2.82. The molecular formula is C18H18N2O3. The van der Waals surface area contributed by atoms with Crippen LogP contribution in [0.4, 0.5) is 0 Å². The Balaban J connectivity index is 1.62. The summed E-state index contributed by atoms with van der Waals surface area (Å²) in [5.41, 5.74) is 5.18. The second-order valence-electron chi connectivity index (χ2n) is 5.59. The summed E-state index contributed by atoms with van der Waals surface area (Å²) < 4.78 is 10.5. The van der Waals surface area contributed by atoms with Gasteiger partial charge in [-0.1, -0.05) is 38.1 Å². The van der Waals surface area contributed by atoms with Crippen LogP contribution >= 0.6 is 0 Å². The first-order valence-corrected chi connectivity index (χ1v) is 7.46. The smallest absolute Gasteiger partial charge is 0.271 e. The molecule has 2 aromatic rings. The van der Waals surface area contributed by atoms with E-state index in [2.05, 4.69) is 36.5 Å². The summed E-state index contributed by atoms with van der Waals surface area (Å²) in [6, 6.07) is 13.1. The minimum Gasteiger partial charge on any atom is -0.454 e. The summed E-state index contributed by atoms with van der Waals surface area (Å²) in [6.07, 6.45) is 1.62. The van der Waals surface area contributed by atoms with Crippen molar-refractivity contribution in [2.45, 2.75) is 19.8 Å². The number of nitrogens with one attached hydrogen (secondary N) is 1. The number of hydrazone groups is 1. The third kappa shape index (κ3) is 3.51. The highest BCUT2D eigenvalue weighted by molar-refractivity contribution is 5.95. The number of carbonyl (C=O) groups excluding carboxylic acids is 1. The molecule has 2 aromatic carbocycles. The number of amides is 1. The molecule has 1 aliphatic rings. The molecule has 1 N–H and O–H groups in total. The predicted molar refractivity (Wildman–Crippen MR) is 88.2 cm³/mol. The van der Waals surface area contributed by atoms with Gasteiger partial charge in [-0.25, -0.2) is 5.43 Å². The van der Waals surface area contributed by atoms with Crippen molar-refractivity contribution in [1.82, 2.24) is 5.43 Å². The fourth-order valence-corrected chi connectivity index (χ4v) is 2.23. The fraction of sp³-hybridized carbons (Fsp3) is 0.222. The van der Waals surface area contributed by atoms with E-state index in [1.54, 1.807) is 24.4 Å². The molecule has 1 heterocycles. The van der Waals surface area contributed by atoms with Gasteiger partial charge in [-0.3, -0.25) is 4.79 Å². The highest BCUT2D eigenvalue weighted by Gasteiger charge is 2.15. The largest absolute Gasteiger partial charge is 0.454 e. The first-order chi connectivity index (χ1) is 11.1. The summed E-state index contributed by atoms with van der Waals surface area (Å²) >= 11 is 0. The van der Waals surface area contributed by atoms with Crippen LogP contribution in [0.15, 0.2) is 47.6 Å². The Morgan fingerprint density at radius 2 is 1.87 bits per heavy atom. The molecule has 23 heavy (non-hydrogen) atoms. The summed E-state index contributed by atoms with van der Waals surface area (Å²) in [7, 11) is 0. The lowest BCUT2D eigenvalue weighted by Gasteiger charge is -2.04. The summed E-state index contributed by atoms with van der Waals surface area (Å²) in [5.74, 6) is 1.42. The number of carbonyl (C=O) groups is 1. The van der Waals surface area contributed by atoms with Crippen molar-refractivity contribution in [3.05, 3.63) is 59.2 Å². The average molecular weight is 310 g/mol. The number of hydrogen-bond donors (Lipinski definition) is 1. The number of benzene rings is 2. The molecule has 0 unspecified atom stereocenters. The molecule has 5 nitrogen and oxygen atoms in total. The van der Waals surface area contributed by atoms with E-state index >= 15 is 0 Å². The van der Waals surface area contributed by atoms with Crippen molar-refractivity contribution in [3.8, 4) is 11.5 Å². The Bertz CT molecular complexity index is 736. The van der Waals surface area contributed by atoms with E-state index < -0.39 is 0 Å². The standard InChI is InChI=1S/C18H18N2O3/c1-12(2)14-5-3-13(4-6-14)10-19-20-18(21)15-7-8-16-17(9-15)23-11-22-16/h3-10,12H,11H2,1-2H3,(H,20,21)/b19-10-. The van der Waals surface area contributed by atoms with Gasteiger partial charge in [0, 0.05) is 5.56 Å². The third-order valence-corrected chi connectivity index (χ3v) is 3.62. The predicted octanol–water partition coefficient (Wildman–Crippen LogP) is 3.30. The number of ether oxygens (including phenoxy) is 2. The highest BCUT2D eigenvalue weighted by Crippen LogP contribution is 2.32. The number of hydrogen-bond acceptors (Lipinski definition) is 4. The minimum atomic E-state index is -0.293. The molecule has 1 amide bonds. The van der Waals surface area contributed by atoms with Gasteiger partial charge in [0.2, 0.25) is 6.79 Å². The van der Waals surface area contributed by atoms with Gasteiger partial charge in [0.25, 0.3) is 5.91 Å². The van der Waals surface area contributed by atoms with Gasteiger partial charge >= 0.3 is 0 Å². The quantitative estimate of drug-likeness (QED) is 0.696. The summed E-state index contributed by atoms with van der Waals surface area (Å²) in [6.45, 7) is 4.48. The molecule has 0 aliphatic carbocycles. The lowest BCUT2D eigenvalue weighted by atomic mass is 10.0. The summed E-state index contributed by atoms with van der Waals surface area (Å²) in [5, 5.41) is 3.99. The fourth-order valence-electron chi connectivity index (χ4n) is 2.23. The van der Waals surface area contributed by atoms with E-state index in [0.29, 0.717) is 23.0 Å². The van der Waals surface area contributed by atoms with Crippen molar-refractivity contribution < 1.29 is 14.3 Å². The SMILES string of the molecule is CC(C)c1ccc(/C=N\NC(=O)c2ccc3c(c2)OCO3)cc1. The summed E-state index contributed by atoms with van der Waals surface area (Å²) in [4.78, 5) is 12.1. The van der Waals surface area contributed by atoms with Crippen LogP contribution in [0.5, 0.6) is 11.5 Å². The molecule has 0 fully saturated rings. The molecule has 0 aromatic heterocycles. The number of fused-ring (bicyclic) bond motifs is 1. The zero-order chi connectivity index (χ0) is 16.2. The molecule has 5 heteroatoms. The van der Waals surface area contributed by atoms with Gasteiger partial charge in [0.05, 0.1) is 6.21 Å². The van der Waals surface area contributed by atoms with E-state index in [-0.39, 0.29) is 12.7 Å². The molecule has 0 saturated carbocycles. The van der Waals surface area contributed by atoms with Crippen LogP contribution in [-0.2, 0) is 0 Å². The maximum Gasteiger partial charge on any atom is 0.271 e. The van der Waals surface area contributed by atoms with Gasteiger partial charge in [-0.15, -0.1) is 0 Å². The van der Waals surface area contributed by atoms with Gasteiger partial charge in [-0.05, 0) is 35.2 Å². The zero-order valence-corrected chi connectivity index (χ0v) is 13.1. The lowest BCUT2D eigenvalue weighted by Crippen LogP contribution is -2.17. The van der Waals surface area contributed by atoms with E-state index in [1.807, 2.05) is 12.1 Å². The molecule has 0 atom stereocenters. The van der Waals surface area contributed by atoms with Crippen LogP contribution in [0.1, 0.15) is 41.3 Å². The van der Waals surface area contributed by atoms with Crippen molar-refractivity contribution in [1.29, 1.82) is 0 Å². The Morgan fingerprint density at radius 3 is 2.61 bits per heavy atom. The molecular weight excluding hydrogens is 292 g/mol. The Kier molecular flexibility index (Phi) is 4.28. The van der Waals surface area contributed by atoms with Gasteiger partial charge in [0.15, 0.2) is 11.5 Å². The minimum absolute atomic E-state index is 0.185. The van der Waals surface area contributed by atoms with Crippen LogP contribution < -0.4 is 14.9 Å². The monoisotopic (exact) mass is 310 g/mol. The van der Waals surface area contributed by atoms with Crippen molar-refractivity contribution >= 4 is 12.1 Å². The lowest BCUT2D eigenvalue weighted by molar-refractivity contribution is 0.0954. The first-order valence-electron chi connectivity index (χ1n) is 7.46. The molecule has 0 radical (unpaired) electrons. The van der Waals surface area contributed by atoms with E-state index in [9.17, 15) is 4.79 Å². The Morgan fingerprint density at radius 1 is 1.13 bits per heavy atom. The van der Waals surface area contributed by atoms with E-state index in [1.165, 1.54) is 5.56 Å². The number of nitrogens with zero attached hydrogens (tertiary/aromatic N) is 1. The zero-order valence-electron chi connectivity index (χ0n) is 13.1. The average Bonchev–Trinajstić information content (AvgIpc) is 3.02. The second kappa shape index (κ2) is 6.52. The molecule has 0 spiro atoms. The maximum absolute atomic E-state index is 12.1. The molecule has 3 rings (SSSR count). The number of rotatable bonds is 4. The van der Waals surface area contributed by atoms with Crippen LogP contribution in [-0.4, -0.2) is 18.9 Å². The van der Waals surface area contributed by atoms with Crippen LogP contribution in [0, 0.1) is 0 Å². The van der Waals surface area contributed by atoms with Crippen LogP contribution in [0.2, 0.25) is 0 Å².